The number of hydrogen-bond acceptors (Lipinski definition) is 5. The monoisotopic (exact) mass is 494 g/mol. The van der Waals surface area contributed by atoms with E-state index in [4.69, 9.17) is 20.1 Å². The molecule has 0 atom stereocenters. The molecule has 0 aromatic heterocycles. The molecule has 0 amide bonds. The van der Waals surface area contributed by atoms with Crippen LogP contribution in [0, 0.1) is 6.92 Å². The van der Waals surface area contributed by atoms with Crippen molar-refractivity contribution < 1.29 is 46.7 Å². The van der Waals surface area contributed by atoms with Crippen LogP contribution in [0.15, 0.2) is 53.4 Å². The molecular formula is C16H19IN2O4S2. The topological polar surface area (TPSA) is 104 Å². The molecule has 0 fully saturated rings. The van der Waals surface area contributed by atoms with Crippen LogP contribution in [0.3, 0.4) is 0 Å². The largest absolute Gasteiger partial charge is 1.00 e. The second-order valence-corrected chi connectivity index (χ2v) is 7.65. The van der Waals surface area contributed by atoms with Crippen LogP contribution in [-0.4, -0.2) is 25.9 Å². The fourth-order valence-electron chi connectivity index (χ4n) is 1.93. The Hall–Kier alpha value is -1.46. The van der Waals surface area contributed by atoms with Gasteiger partial charge < -0.3 is 32.9 Å². The van der Waals surface area contributed by atoms with Gasteiger partial charge in [-0.05, 0) is 48.5 Å². The van der Waals surface area contributed by atoms with Crippen molar-refractivity contribution in [2.24, 2.45) is 5.73 Å². The van der Waals surface area contributed by atoms with Crippen LogP contribution in [0.1, 0.15) is 5.56 Å². The zero-order chi connectivity index (χ0) is 17.6. The fraction of sp³-hybridized carbons (Fsp3) is 0.188. The molecular weight excluding hydrogens is 475 g/mol. The Morgan fingerprint density at radius 1 is 1.16 bits per heavy atom. The van der Waals surface area contributed by atoms with Crippen LogP contribution in [-0.2, 0) is 10.1 Å². The summed E-state index contributed by atoms with van der Waals surface area (Å²) in [4.78, 5) is 0.0966. The van der Waals surface area contributed by atoms with Crippen LogP contribution in [0.2, 0.25) is 0 Å². The van der Waals surface area contributed by atoms with Gasteiger partial charge in [-0.3, -0.25) is 11.1 Å². The summed E-state index contributed by atoms with van der Waals surface area (Å²) in [6, 6.07) is 12.9. The molecule has 0 bridgehead atoms. The van der Waals surface area contributed by atoms with Crippen molar-refractivity contribution >= 4 is 27.0 Å². The standard InChI is InChI=1S/C16H18N2O4S2.HI/c1-12-9-13(21-7-8-23-16(17)18)11-14(10-12)22-24(19,20)15-5-3-2-4-6-15;/h2-6,9-11H,7-8H2,1H3,(H3,17,18);1H. The third-order valence-corrected chi connectivity index (χ3v) is 4.85. The number of aryl methyl sites for hydroxylation is 1. The number of ether oxygens (including phenoxy) is 1. The van der Waals surface area contributed by atoms with Gasteiger partial charge in [0.15, 0.2) is 0 Å². The summed E-state index contributed by atoms with van der Waals surface area (Å²) in [7, 11) is -3.88. The van der Waals surface area contributed by atoms with Gasteiger partial charge >= 0.3 is 10.1 Å². The van der Waals surface area contributed by atoms with Gasteiger partial charge in [0.2, 0.25) is 0 Å². The molecule has 2 aromatic carbocycles. The minimum Gasteiger partial charge on any atom is -1.00 e. The Kier molecular flexibility index (Phi) is 8.53. The minimum atomic E-state index is -3.88. The normalized spacial score (nSPS) is 10.6. The predicted molar refractivity (Wildman–Crippen MR) is 94.5 cm³/mol. The Morgan fingerprint density at radius 3 is 2.44 bits per heavy atom. The maximum absolute atomic E-state index is 12.3. The molecule has 0 aliphatic rings. The summed E-state index contributed by atoms with van der Waals surface area (Å²) in [5, 5.41) is 5.64. The molecule has 2 aromatic rings. The highest BCUT2D eigenvalue weighted by Crippen LogP contribution is 2.25. The quantitative estimate of drug-likeness (QED) is 0.151. The molecule has 0 saturated carbocycles. The maximum Gasteiger partial charge on any atom is 0.339 e. The number of hydrogen-bond donors (Lipinski definition) is 2. The first-order chi connectivity index (χ1) is 11.4. The van der Waals surface area contributed by atoms with E-state index >= 15 is 0 Å². The molecule has 4 N–H and O–H groups in total. The van der Waals surface area contributed by atoms with Crippen LogP contribution in [0.4, 0.5) is 0 Å². The Labute approximate surface area is 168 Å². The minimum absolute atomic E-state index is 0. The van der Waals surface area contributed by atoms with E-state index in [0.29, 0.717) is 18.1 Å². The summed E-state index contributed by atoms with van der Waals surface area (Å²) in [6.07, 6.45) is 0. The van der Waals surface area contributed by atoms with Gasteiger partial charge in [0.05, 0.1) is 6.61 Å². The molecule has 2 rings (SSSR count). The smallest absolute Gasteiger partial charge is 0.339 e. The average molecular weight is 494 g/mol. The molecule has 6 nitrogen and oxygen atoms in total. The first-order valence-corrected chi connectivity index (χ1v) is 9.51. The van der Waals surface area contributed by atoms with Gasteiger partial charge in [0.1, 0.15) is 16.4 Å². The molecule has 0 radical (unpaired) electrons. The summed E-state index contributed by atoms with van der Waals surface area (Å²) in [5.74, 6) is 1.31. The molecule has 9 heteroatoms. The molecule has 136 valence electrons. The summed E-state index contributed by atoms with van der Waals surface area (Å²) in [6.45, 7) is 2.21. The third kappa shape index (κ3) is 7.12. The molecule has 25 heavy (non-hydrogen) atoms. The van der Waals surface area contributed by atoms with E-state index in [1.54, 1.807) is 30.3 Å². The zero-order valence-corrected chi connectivity index (χ0v) is 17.3. The molecule has 0 spiro atoms. The molecule has 0 saturated heterocycles. The summed E-state index contributed by atoms with van der Waals surface area (Å²) in [5.41, 5.74) is 6.18. The number of rotatable bonds is 7. The first kappa shape index (κ1) is 21.6. The van der Waals surface area contributed by atoms with E-state index in [9.17, 15) is 8.42 Å². The third-order valence-electron chi connectivity index (χ3n) is 2.88. The van der Waals surface area contributed by atoms with Crippen molar-refractivity contribution in [3.63, 3.8) is 0 Å². The number of halogens is 1. The van der Waals surface area contributed by atoms with Crippen LogP contribution < -0.4 is 44.0 Å². The van der Waals surface area contributed by atoms with Crippen molar-refractivity contribution in [3.05, 3.63) is 54.1 Å². The van der Waals surface area contributed by atoms with Crippen molar-refractivity contribution in [1.82, 2.24) is 0 Å². The first-order valence-electron chi connectivity index (χ1n) is 7.11. The van der Waals surface area contributed by atoms with Crippen molar-refractivity contribution in [2.45, 2.75) is 11.8 Å². The number of amidine groups is 1. The van der Waals surface area contributed by atoms with Crippen molar-refractivity contribution in [3.8, 4) is 11.5 Å². The highest BCUT2D eigenvalue weighted by molar-refractivity contribution is 8.13. The van der Waals surface area contributed by atoms with E-state index in [1.807, 2.05) is 6.92 Å². The average Bonchev–Trinajstić information content (AvgIpc) is 2.51. The zero-order valence-electron chi connectivity index (χ0n) is 13.5. The molecule has 0 heterocycles. The highest BCUT2D eigenvalue weighted by atomic mass is 127. The lowest BCUT2D eigenvalue weighted by Crippen LogP contribution is -3.00. The number of thioether (sulfide) groups is 1. The number of benzene rings is 2. The van der Waals surface area contributed by atoms with E-state index in [2.05, 4.69) is 0 Å². The van der Waals surface area contributed by atoms with Gasteiger partial charge in [-0.15, -0.1) is 0 Å². The van der Waals surface area contributed by atoms with Gasteiger partial charge in [-0.2, -0.15) is 8.42 Å². The molecule has 0 unspecified atom stereocenters. The van der Waals surface area contributed by atoms with Gasteiger partial charge in [0, 0.05) is 11.8 Å². The van der Waals surface area contributed by atoms with Crippen molar-refractivity contribution in [1.29, 1.82) is 0 Å². The van der Waals surface area contributed by atoms with E-state index in [1.165, 1.54) is 30.0 Å². The van der Waals surface area contributed by atoms with Crippen LogP contribution in [0.5, 0.6) is 11.5 Å². The lowest BCUT2D eigenvalue weighted by Gasteiger charge is -2.11. The van der Waals surface area contributed by atoms with E-state index < -0.39 is 10.1 Å². The molecule has 0 aliphatic heterocycles. The second-order valence-electron chi connectivity index (χ2n) is 4.93. The SMILES string of the molecule is Cc1cc(OCCSC(N)=[NH2+])cc(OS(=O)(=O)c2ccccc2)c1.[I-]. The van der Waals surface area contributed by atoms with Gasteiger partial charge in [-0.1, -0.05) is 18.2 Å². The fourth-order valence-corrected chi connectivity index (χ4v) is 3.27. The van der Waals surface area contributed by atoms with Crippen LogP contribution >= 0.6 is 11.8 Å². The van der Waals surface area contributed by atoms with E-state index in [-0.39, 0.29) is 39.8 Å². The van der Waals surface area contributed by atoms with E-state index in [0.717, 1.165) is 5.56 Å². The Bertz CT molecular complexity index is 814. The number of nitrogens with two attached hydrogens (primary N) is 2. The maximum atomic E-state index is 12.3. The summed E-state index contributed by atoms with van der Waals surface area (Å²) >= 11 is 1.29. The van der Waals surface area contributed by atoms with Crippen molar-refractivity contribution in [2.75, 3.05) is 12.4 Å². The Balaban J connectivity index is 0.00000312. The molecule has 0 aliphatic carbocycles. The highest BCUT2D eigenvalue weighted by Gasteiger charge is 2.16. The lowest BCUT2D eigenvalue weighted by atomic mass is 10.2. The predicted octanol–water partition coefficient (Wildman–Crippen LogP) is -2.05. The second kappa shape index (κ2) is 9.88. The summed E-state index contributed by atoms with van der Waals surface area (Å²) < 4.78 is 35.3. The van der Waals surface area contributed by atoms with Crippen LogP contribution in [0.25, 0.3) is 0 Å². The lowest BCUT2D eigenvalue weighted by molar-refractivity contribution is -0.110. The van der Waals surface area contributed by atoms with Gasteiger partial charge in [-0.25, -0.2) is 0 Å². The van der Waals surface area contributed by atoms with Gasteiger partial charge in [0.25, 0.3) is 5.17 Å². The Morgan fingerprint density at radius 2 is 1.80 bits per heavy atom.